The van der Waals surface area contributed by atoms with Crippen molar-refractivity contribution in [2.24, 2.45) is 16.3 Å². The fourth-order valence-corrected chi connectivity index (χ4v) is 4.46. The minimum Gasteiger partial charge on any atom is -0.493 e. The van der Waals surface area contributed by atoms with E-state index in [1.165, 1.54) is 0 Å². The van der Waals surface area contributed by atoms with Crippen LogP contribution in [-0.4, -0.2) is 30.7 Å². The summed E-state index contributed by atoms with van der Waals surface area (Å²) in [5.41, 5.74) is 2.89. The number of aliphatic imine (C=N–C) groups is 1. The van der Waals surface area contributed by atoms with E-state index in [1.807, 2.05) is 38.1 Å². The van der Waals surface area contributed by atoms with Crippen LogP contribution in [0.3, 0.4) is 0 Å². The Labute approximate surface area is 179 Å². The monoisotopic (exact) mass is 411 g/mol. The van der Waals surface area contributed by atoms with Gasteiger partial charge in [-0.05, 0) is 37.7 Å². The molecular formula is C25H33NO4. The van der Waals surface area contributed by atoms with Crippen LogP contribution in [0, 0.1) is 11.3 Å². The first-order valence-electron chi connectivity index (χ1n) is 11.0. The van der Waals surface area contributed by atoms with Crippen molar-refractivity contribution in [2.45, 2.75) is 66.2 Å². The summed E-state index contributed by atoms with van der Waals surface area (Å²) < 4.78 is 11.5. The molecule has 1 aliphatic carbocycles. The lowest BCUT2D eigenvalue weighted by atomic mass is 9.66. The standard InChI is InChI=1S/C25H33NO4/c1-6-12-29-20-11-9-8-10-17(20)22-21(24(28)30-13-7-2)16(3)26-18-14-25(4,5)15-19(27)23(18)22/h8-11,21-22H,6-7,12-15H2,1-5H3/t21-,22+/m0/s1. The van der Waals surface area contributed by atoms with E-state index in [-0.39, 0.29) is 17.2 Å². The second-order valence-electron chi connectivity index (χ2n) is 9.06. The van der Waals surface area contributed by atoms with Gasteiger partial charge in [-0.2, -0.15) is 0 Å². The number of hydrogen-bond donors (Lipinski definition) is 0. The molecule has 30 heavy (non-hydrogen) atoms. The average molecular weight is 412 g/mol. The maximum atomic E-state index is 13.3. The van der Waals surface area contributed by atoms with Crippen LogP contribution in [0.5, 0.6) is 5.75 Å². The Kier molecular flexibility index (Phi) is 6.79. The van der Waals surface area contributed by atoms with Gasteiger partial charge in [0.1, 0.15) is 11.7 Å². The van der Waals surface area contributed by atoms with Gasteiger partial charge >= 0.3 is 5.97 Å². The SMILES string of the molecule is CCCOC(=O)[C@H]1C(C)=NC2=C(C(=O)CC(C)(C)C2)[C@@H]1c1ccccc1OCCC. The molecule has 1 heterocycles. The zero-order chi connectivity index (χ0) is 21.9. The third-order valence-electron chi connectivity index (χ3n) is 5.72. The number of carbonyl (C=O) groups is 2. The molecule has 2 atom stereocenters. The molecule has 0 saturated heterocycles. The molecule has 0 N–H and O–H groups in total. The topological polar surface area (TPSA) is 65.0 Å². The predicted molar refractivity (Wildman–Crippen MR) is 118 cm³/mol. The van der Waals surface area contributed by atoms with Gasteiger partial charge < -0.3 is 9.47 Å². The first-order chi connectivity index (χ1) is 14.3. The normalized spacial score (nSPS) is 23.0. The van der Waals surface area contributed by atoms with Crippen LogP contribution in [0.15, 0.2) is 40.5 Å². The molecule has 5 heteroatoms. The Morgan fingerprint density at radius 2 is 1.83 bits per heavy atom. The Hall–Kier alpha value is -2.43. The Balaban J connectivity index is 2.15. The first kappa shape index (κ1) is 22.3. The summed E-state index contributed by atoms with van der Waals surface area (Å²) in [7, 11) is 0. The fraction of sp³-hybridized carbons (Fsp3) is 0.560. The van der Waals surface area contributed by atoms with Crippen LogP contribution in [0.1, 0.15) is 71.8 Å². The van der Waals surface area contributed by atoms with Gasteiger partial charge in [0.25, 0.3) is 0 Å². The van der Waals surface area contributed by atoms with Crippen molar-refractivity contribution in [3.05, 3.63) is 41.1 Å². The number of rotatable bonds is 7. The van der Waals surface area contributed by atoms with Crippen molar-refractivity contribution < 1.29 is 19.1 Å². The minimum atomic E-state index is -0.619. The van der Waals surface area contributed by atoms with Crippen LogP contribution in [0.4, 0.5) is 0 Å². The first-order valence-corrected chi connectivity index (χ1v) is 11.0. The molecule has 0 radical (unpaired) electrons. The van der Waals surface area contributed by atoms with E-state index in [1.54, 1.807) is 0 Å². The maximum Gasteiger partial charge on any atom is 0.315 e. The third-order valence-corrected chi connectivity index (χ3v) is 5.72. The number of ether oxygens (including phenoxy) is 2. The molecule has 0 saturated carbocycles. The van der Waals surface area contributed by atoms with Gasteiger partial charge in [-0.25, -0.2) is 0 Å². The molecule has 0 aromatic heterocycles. The smallest absolute Gasteiger partial charge is 0.315 e. The van der Waals surface area contributed by atoms with E-state index in [2.05, 4.69) is 20.8 Å². The molecule has 0 fully saturated rings. The summed E-state index contributed by atoms with van der Waals surface area (Å²) in [4.78, 5) is 31.2. The summed E-state index contributed by atoms with van der Waals surface area (Å²) in [5.74, 6) is -0.583. The van der Waals surface area contributed by atoms with Crippen molar-refractivity contribution in [1.82, 2.24) is 0 Å². The Morgan fingerprint density at radius 3 is 2.53 bits per heavy atom. The van der Waals surface area contributed by atoms with E-state index < -0.39 is 11.8 Å². The van der Waals surface area contributed by atoms with E-state index in [4.69, 9.17) is 14.5 Å². The third kappa shape index (κ3) is 4.50. The number of hydrogen-bond acceptors (Lipinski definition) is 5. The fourth-order valence-electron chi connectivity index (χ4n) is 4.46. The van der Waals surface area contributed by atoms with E-state index >= 15 is 0 Å². The van der Waals surface area contributed by atoms with Crippen molar-refractivity contribution in [3.8, 4) is 5.75 Å². The van der Waals surface area contributed by atoms with E-state index in [0.717, 1.165) is 36.3 Å². The summed E-state index contributed by atoms with van der Waals surface area (Å²) in [6.45, 7) is 11.0. The van der Waals surface area contributed by atoms with E-state index in [0.29, 0.717) is 30.9 Å². The van der Waals surface area contributed by atoms with Crippen molar-refractivity contribution in [3.63, 3.8) is 0 Å². The number of Topliss-reactive ketones (excluding diaryl/α,β-unsaturated/α-hetero) is 1. The largest absolute Gasteiger partial charge is 0.493 e. The molecule has 1 aromatic carbocycles. The molecule has 1 aliphatic heterocycles. The molecule has 0 unspecified atom stereocenters. The molecule has 162 valence electrons. The number of para-hydroxylation sites is 1. The van der Waals surface area contributed by atoms with Gasteiger partial charge in [-0.1, -0.05) is 45.9 Å². The van der Waals surface area contributed by atoms with E-state index in [9.17, 15) is 9.59 Å². The average Bonchev–Trinajstić information content (AvgIpc) is 2.68. The van der Waals surface area contributed by atoms with Gasteiger partial charge in [0.15, 0.2) is 5.78 Å². The maximum absolute atomic E-state index is 13.3. The zero-order valence-electron chi connectivity index (χ0n) is 18.8. The molecule has 0 bridgehead atoms. The quantitative estimate of drug-likeness (QED) is 0.575. The van der Waals surface area contributed by atoms with Crippen LogP contribution in [-0.2, 0) is 14.3 Å². The van der Waals surface area contributed by atoms with Gasteiger partial charge in [-0.3, -0.25) is 14.6 Å². The van der Waals surface area contributed by atoms with Crippen LogP contribution < -0.4 is 4.74 Å². The Morgan fingerprint density at radius 1 is 1.13 bits per heavy atom. The zero-order valence-corrected chi connectivity index (χ0v) is 18.8. The van der Waals surface area contributed by atoms with Crippen LogP contribution in [0.25, 0.3) is 0 Å². The molecule has 0 spiro atoms. The number of nitrogens with zero attached hydrogens (tertiary/aromatic N) is 1. The highest BCUT2D eigenvalue weighted by Crippen LogP contribution is 2.49. The van der Waals surface area contributed by atoms with Crippen LogP contribution in [0.2, 0.25) is 0 Å². The lowest BCUT2D eigenvalue weighted by molar-refractivity contribution is -0.146. The van der Waals surface area contributed by atoms with Gasteiger partial charge in [0, 0.05) is 34.9 Å². The highest BCUT2D eigenvalue weighted by Gasteiger charge is 2.46. The van der Waals surface area contributed by atoms with Gasteiger partial charge in [0.2, 0.25) is 0 Å². The Bertz CT molecular complexity index is 881. The highest BCUT2D eigenvalue weighted by atomic mass is 16.5. The lowest BCUT2D eigenvalue weighted by Gasteiger charge is -2.39. The number of carbonyl (C=O) groups excluding carboxylic acids is 2. The second kappa shape index (κ2) is 9.15. The molecule has 2 aliphatic rings. The number of allylic oxidation sites excluding steroid dienone is 2. The van der Waals surface area contributed by atoms with Gasteiger partial charge in [-0.15, -0.1) is 0 Å². The van der Waals surface area contributed by atoms with Crippen molar-refractivity contribution >= 4 is 17.5 Å². The number of benzene rings is 1. The highest BCUT2D eigenvalue weighted by molar-refractivity contribution is 6.09. The molecule has 5 nitrogen and oxygen atoms in total. The van der Waals surface area contributed by atoms with Crippen LogP contribution >= 0.6 is 0 Å². The van der Waals surface area contributed by atoms with Crippen molar-refractivity contribution in [2.75, 3.05) is 13.2 Å². The minimum absolute atomic E-state index is 0.0705. The summed E-state index contributed by atoms with van der Waals surface area (Å²) in [6.07, 6.45) is 2.79. The molecular weight excluding hydrogens is 378 g/mol. The number of esters is 1. The van der Waals surface area contributed by atoms with Crippen molar-refractivity contribution in [1.29, 1.82) is 0 Å². The summed E-state index contributed by atoms with van der Waals surface area (Å²) >= 11 is 0. The molecule has 0 amide bonds. The second-order valence-corrected chi connectivity index (χ2v) is 9.06. The summed E-state index contributed by atoms with van der Waals surface area (Å²) in [6, 6.07) is 7.73. The number of ketones is 1. The molecule has 1 aromatic rings. The molecule has 3 rings (SSSR count). The lowest BCUT2D eigenvalue weighted by Crippen LogP contribution is -2.39. The predicted octanol–water partition coefficient (Wildman–Crippen LogP) is 5.25. The summed E-state index contributed by atoms with van der Waals surface area (Å²) in [5, 5.41) is 0. The van der Waals surface area contributed by atoms with Gasteiger partial charge in [0.05, 0.1) is 13.2 Å².